The van der Waals surface area contributed by atoms with Crippen LogP contribution in [0.4, 0.5) is 8.78 Å². The third kappa shape index (κ3) is 4.08. The van der Waals surface area contributed by atoms with Gasteiger partial charge in [-0.15, -0.1) is 6.42 Å². The molecule has 4 rings (SSSR count). The molecule has 1 aliphatic heterocycles. The molecule has 0 bridgehead atoms. The van der Waals surface area contributed by atoms with Gasteiger partial charge in [-0.05, 0) is 37.1 Å². The van der Waals surface area contributed by atoms with Gasteiger partial charge in [-0.3, -0.25) is 4.99 Å². The summed E-state index contributed by atoms with van der Waals surface area (Å²) in [5.41, 5.74) is 6.09. The summed E-state index contributed by atoms with van der Waals surface area (Å²) < 4.78 is 40.0. The normalized spacial score (nSPS) is 26.7. The number of thioether (sulfide) groups is 1. The van der Waals surface area contributed by atoms with E-state index >= 15 is 0 Å². The second-order valence-corrected chi connectivity index (χ2v) is 9.35. The lowest BCUT2D eigenvalue weighted by atomic mass is 9.85. The number of nitrogens with two attached hydrogens (primary N) is 1. The number of amidine groups is 1. The molecule has 1 aromatic carbocycles. The molecule has 32 heavy (non-hydrogen) atoms. The number of nitrogens with zero attached hydrogens (tertiary/aromatic N) is 3. The number of halogens is 2. The number of methoxy groups -OCH3 is 1. The summed E-state index contributed by atoms with van der Waals surface area (Å²) in [5.74, 6) is 1.54. The minimum atomic E-state index is -0.867. The Morgan fingerprint density at radius 1 is 1.41 bits per heavy atom. The highest BCUT2D eigenvalue weighted by Crippen LogP contribution is 2.65. The van der Waals surface area contributed by atoms with E-state index in [4.69, 9.17) is 21.6 Å². The highest BCUT2D eigenvalue weighted by molar-refractivity contribution is 8.15. The first-order valence-corrected chi connectivity index (χ1v) is 10.7. The van der Waals surface area contributed by atoms with Crippen LogP contribution in [0.3, 0.4) is 0 Å². The van der Waals surface area contributed by atoms with E-state index in [0.717, 1.165) is 6.42 Å². The fourth-order valence-corrected chi connectivity index (χ4v) is 5.65. The molecule has 2 heterocycles. The Hall–Kier alpha value is -2.96. The molecule has 3 atom stereocenters. The second-order valence-electron chi connectivity index (χ2n) is 7.92. The molecular weight excluding hydrogens is 434 g/mol. The molecule has 6 nitrogen and oxygen atoms in total. The molecule has 1 fully saturated rings. The molecule has 1 saturated carbocycles. The zero-order valence-corrected chi connectivity index (χ0v) is 18.5. The van der Waals surface area contributed by atoms with Crippen molar-refractivity contribution >= 4 is 28.8 Å². The SMILES string of the molecule is C#CCOc1cnc(/C(F)=C/c2ccc(F)c([C@@]3(C)N=C(N)S[C@@]4(COC)C[C@H]43)c2)cn1. The average molecular weight is 457 g/mol. The van der Waals surface area contributed by atoms with Crippen molar-refractivity contribution in [3.8, 4) is 18.2 Å². The molecule has 1 aliphatic carbocycles. The van der Waals surface area contributed by atoms with E-state index in [1.165, 1.54) is 42.4 Å². The monoisotopic (exact) mass is 456 g/mol. The Balaban J connectivity index is 1.63. The van der Waals surface area contributed by atoms with Gasteiger partial charge in [0, 0.05) is 18.6 Å². The van der Waals surface area contributed by atoms with Gasteiger partial charge >= 0.3 is 0 Å². The first-order chi connectivity index (χ1) is 15.3. The molecule has 2 aromatic rings. The van der Waals surface area contributed by atoms with Crippen LogP contribution in [0.15, 0.2) is 35.6 Å². The van der Waals surface area contributed by atoms with Gasteiger partial charge in [0.05, 0.1) is 29.3 Å². The van der Waals surface area contributed by atoms with Crippen molar-refractivity contribution in [1.29, 1.82) is 0 Å². The van der Waals surface area contributed by atoms with Crippen LogP contribution in [0.2, 0.25) is 0 Å². The molecule has 2 aliphatic rings. The second kappa shape index (κ2) is 8.52. The molecule has 0 radical (unpaired) electrons. The van der Waals surface area contributed by atoms with Crippen LogP contribution in [0.25, 0.3) is 11.9 Å². The van der Waals surface area contributed by atoms with E-state index in [0.29, 0.717) is 22.9 Å². The van der Waals surface area contributed by atoms with Gasteiger partial charge in [-0.25, -0.2) is 18.7 Å². The number of ether oxygens (including phenoxy) is 2. The highest BCUT2D eigenvalue weighted by atomic mass is 32.2. The fraction of sp³-hybridized carbons (Fsp3) is 0.348. The Kier molecular flexibility index (Phi) is 5.93. The number of aliphatic imine (C=N–C) groups is 1. The summed E-state index contributed by atoms with van der Waals surface area (Å²) in [6.45, 7) is 2.41. The Bertz CT molecular complexity index is 1130. The van der Waals surface area contributed by atoms with Crippen LogP contribution in [0.1, 0.15) is 30.2 Å². The number of hydrogen-bond donors (Lipinski definition) is 1. The summed E-state index contributed by atoms with van der Waals surface area (Å²) in [5, 5.41) is 0.396. The highest BCUT2D eigenvalue weighted by Gasteiger charge is 2.66. The molecule has 9 heteroatoms. The summed E-state index contributed by atoms with van der Waals surface area (Å²) in [6, 6.07) is 4.42. The number of terminal acetylenes is 1. The molecule has 166 valence electrons. The maximum absolute atomic E-state index is 14.9. The van der Waals surface area contributed by atoms with Gasteiger partial charge in [-0.1, -0.05) is 23.7 Å². The minimum absolute atomic E-state index is 0.0211. The predicted octanol–water partition coefficient (Wildman–Crippen LogP) is 3.78. The maximum Gasteiger partial charge on any atom is 0.233 e. The third-order valence-corrected chi connectivity index (χ3v) is 7.02. The van der Waals surface area contributed by atoms with Gasteiger partial charge in [0.2, 0.25) is 5.88 Å². The van der Waals surface area contributed by atoms with Crippen molar-refractivity contribution in [2.75, 3.05) is 20.3 Å². The molecule has 0 amide bonds. The molecule has 1 aromatic heterocycles. The zero-order chi connectivity index (χ0) is 22.9. The summed E-state index contributed by atoms with van der Waals surface area (Å²) in [6.07, 6.45) is 9.75. The predicted molar refractivity (Wildman–Crippen MR) is 121 cm³/mol. The van der Waals surface area contributed by atoms with Gasteiger partial charge < -0.3 is 15.2 Å². The van der Waals surface area contributed by atoms with E-state index in [2.05, 4.69) is 20.9 Å². The standard InChI is InChI=1S/C23H22F2N4O2S/c1-4-7-31-20-12-27-18(11-28-20)17(25)9-14-5-6-16(24)15(8-14)22(2)19-10-23(19,13-30-3)32-21(26)29-22/h1,5-6,8-9,11-12,19H,7,10,13H2,2-3H3,(H2,26,29)/b17-9-/t19-,22+,23+/m0/s1. The first-order valence-electron chi connectivity index (χ1n) is 9.90. The number of fused-ring (bicyclic) bond motifs is 1. The van der Waals surface area contributed by atoms with E-state index in [-0.39, 0.29) is 28.8 Å². The lowest BCUT2D eigenvalue weighted by molar-refractivity contribution is 0.184. The van der Waals surface area contributed by atoms with Crippen molar-refractivity contribution in [3.05, 3.63) is 53.2 Å². The summed E-state index contributed by atoms with van der Waals surface area (Å²) in [4.78, 5) is 12.6. The lowest BCUT2D eigenvalue weighted by Gasteiger charge is -2.34. The molecule has 0 spiro atoms. The van der Waals surface area contributed by atoms with Crippen molar-refractivity contribution in [2.45, 2.75) is 23.6 Å². The molecule has 2 N–H and O–H groups in total. The first kappa shape index (κ1) is 22.2. The van der Waals surface area contributed by atoms with Crippen molar-refractivity contribution in [1.82, 2.24) is 9.97 Å². The van der Waals surface area contributed by atoms with Crippen molar-refractivity contribution in [2.24, 2.45) is 16.6 Å². The third-order valence-electron chi connectivity index (χ3n) is 5.75. The summed E-state index contributed by atoms with van der Waals surface area (Å²) >= 11 is 1.48. The molecular formula is C23H22F2N4O2S. The van der Waals surface area contributed by atoms with Crippen molar-refractivity contribution in [3.63, 3.8) is 0 Å². The van der Waals surface area contributed by atoms with Crippen LogP contribution in [0, 0.1) is 24.1 Å². The zero-order valence-electron chi connectivity index (χ0n) is 17.6. The lowest BCUT2D eigenvalue weighted by Crippen LogP contribution is -2.37. The molecule has 0 saturated heterocycles. The van der Waals surface area contributed by atoms with E-state index in [9.17, 15) is 8.78 Å². The van der Waals surface area contributed by atoms with Crippen LogP contribution in [0.5, 0.6) is 5.88 Å². The number of rotatable bonds is 7. The Morgan fingerprint density at radius 2 is 2.22 bits per heavy atom. The fourth-order valence-electron chi connectivity index (χ4n) is 4.20. The van der Waals surface area contributed by atoms with Gasteiger partial charge in [-0.2, -0.15) is 0 Å². The van der Waals surface area contributed by atoms with Crippen molar-refractivity contribution < 1.29 is 18.3 Å². The van der Waals surface area contributed by atoms with Crippen LogP contribution in [-0.2, 0) is 10.3 Å². The molecule has 0 unspecified atom stereocenters. The number of aromatic nitrogens is 2. The largest absolute Gasteiger partial charge is 0.463 e. The van der Waals surface area contributed by atoms with E-state index in [1.54, 1.807) is 13.2 Å². The van der Waals surface area contributed by atoms with Crippen LogP contribution >= 0.6 is 11.8 Å². The smallest absolute Gasteiger partial charge is 0.233 e. The van der Waals surface area contributed by atoms with Gasteiger partial charge in [0.15, 0.2) is 17.6 Å². The van der Waals surface area contributed by atoms with Gasteiger partial charge in [0.1, 0.15) is 11.5 Å². The quantitative estimate of drug-likeness (QED) is 0.639. The van der Waals surface area contributed by atoms with Gasteiger partial charge in [0.25, 0.3) is 0 Å². The van der Waals surface area contributed by atoms with E-state index in [1.807, 2.05) is 6.92 Å². The van der Waals surface area contributed by atoms with Crippen LogP contribution < -0.4 is 10.5 Å². The summed E-state index contributed by atoms with van der Waals surface area (Å²) in [7, 11) is 1.63. The Labute approximate surface area is 189 Å². The van der Waals surface area contributed by atoms with Crippen LogP contribution in [-0.4, -0.2) is 40.2 Å². The number of hydrogen-bond acceptors (Lipinski definition) is 7. The minimum Gasteiger partial charge on any atom is -0.463 e. The van der Waals surface area contributed by atoms with E-state index < -0.39 is 17.2 Å². The topological polar surface area (TPSA) is 82.6 Å². The Morgan fingerprint density at radius 3 is 2.91 bits per heavy atom. The number of benzene rings is 1. The maximum atomic E-state index is 14.9. The average Bonchev–Trinajstić information content (AvgIpc) is 3.49.